The van der Waals surface area contributed by atoms with Crippen LogP contribution in [0.4, 0.5) is 0 Å². The second-order valence-corrected chi connectivity index (χ2v) is 8.31. The molecule has 3 rings (SSSR count). The van der Waals surface area contributed by atoms with E-state index in [2.05, 4.69) is 26.9 Å². The Kier molecular flexibility index (Phi) is 8.85. The van der Waals surface area contributed by atoms with Gasteiger partial charge in [-0.2, -0.15) is 0 Å². The fourth-order valence-electron chi connectivity index (χ4n) is 4.68. The number of carbonyl (C=O) groups excluding carboxylic acids is 1. The highest BCUT2D eigenvalue weighted by molar-refractivity contribution is 5.78. The smallest absolute Gasteiger partial charge is 0.222 e. The molecule has 1 amide bonds. The van der Waals surface area contributed by atoms with E-state index in [0.717, 1.165) is 5.92 Å². The van der Waals surface area contributed by atoms with Crippen molar-refractivity contribution in [1.29, 1.82) is 0 Å². The molecule has 2 saturated heterocycles. The van der Waals surface area contributed by atoms with E-state index in [9.17, 15) is 4.79 Å². The van der Waals surface area contributed by atoms with Crippen LogP contribution in [0.1, 0.15) is 48.9 Å². The fraction of sp³-hybridized carbons (Fsp3) is 0.952. The van der Waals surface area contributed by atoms with Crippen molar-refractivity contribution < 1.29 is 6.22 Å². The van der Waals surface area contributed by atoms with Crippen LogP contribution in [0.3, 0.4) is 0 Å². The van der Waals surface area contributed by atoms with E-state index in [1.807, 2.05) is 27.7 Å². The number of hydrogen-bond acceptors (Lipinski definition) is 4. The van der Waals surface area contributed by atoms with Crippen molar-refractivity contribution in [3.8, 4) is 0 Å². The molecule has 3 aliphatic rings. The molecule has 1 saturated carbocycles. The summed E-state index contributed by atoms with van der Waals surface area (Å²) in [6.45, 7) is 21.2. The van der Waals surface area contributed by atoms with Crippen LogP contribution >= 0.6 is 0 Å². The maximum Gasteiger partial charge on any atom is 0.222 e. The van der Waals surface area contributed by atoms with Gasteiger partial charge in [0.1, 0.15) is 0 Å². The Labute approximate surface area is 163 Å². The molecule has 154 valence electrons. The number of likely N-dealkylation sites (tertiary alicyclic amines) is 1. The van der Waals surface area contributed by atoms with E-state index in [1.54, 1.807) is 0 Å². The number of likely N-dealkylation sites (N-methyl/N-ethyl adjacent to an activating group) is 1. The van der Waals surface area contributed by atoms with Crippen LogP contribution in [-0.4, -0.2) is 85.6 Å². The first-order valence-electron chi connectivity index (χ1n) is 11.0. The molecule has 0 bridgehead atoms. The molecule has 2 heterocycles. The van der Waals surface area contributed by atoms with Gasteiger partial charge in [0.05, 0.1) is 0 Å². The second kappa shape index (κ2) is 10.6. The molecule has 5 heteroatoms. The zero-order valence-corrected chi connectivity index (χ0v) is 17.8. The molecule has 0 aromatic rings. The van der Waals surface area contributed by atoms with Crippen molar-refractivity contribution in [3.63, 3.8) is 0 Å². The van der Waals surface area contributed by atoms with Crippen molar-refractivity contribution in [3.05, 3.63) is 0 Å². The van der Waals surface area contributed by atoms with Gasteiger partial charge in [-0.05, 0) is 31.2 Å². The Morgan fingerprint density at radius 2 is 1.62 bits per heavy atom. The molecule has 5 nitrogen and oxygen atoms in total. The van der Waals surface area contributed by atoms with Crippen molar-refractivity contribution in [2.75, 3.05) is 58.9 Å². The van der Waals surface area contributed by atoms with Gasteiger partial charge >= 0.3 is 0 Å². The van der Waals surface area contributed by atoms with Crippen LogP contribution in [0, 0.1) is 17.8 Å². The lowest BCUT2D eigenvalue weighted by Crippen LogP contribution is -2.48. The van der Waals surface area contributed by atoms with Crippen molar-refractivity contribution in [2.45, 2.75) is 53.5 Å². The summed E-state index contributed by atoms with van der Waals surface area (Å²) < 4.78 is 0. The summed E-state index contributed by atoms with van der Waals surface area (Å²) in [7, 11) is 0. The van der Waals surface area contributed by atoms with Gasteiger partial charge in [0.15, 0.2) is 0 Å². The van der Waals surface area contributed by atoms with Gasteiger partial charge in [0.25, 0.3) is 0 Å². The van der Waals surface area contributed by atoms with Crippen molar-refractivity contribution in [1.82, 2.24) is 20.0 Å². The number of piperazine rings is 1. The van der Waals surface area contributed by atoms with Gasteiger partial charge in [0, 0.05) is 65.7 Å². The maximum absolute atomic E-state index is 12.0. The lowest BCUT2D eigenvalue weighted by Gasteiger charge is -2.35. The number of nitrogens with one attached hydrogen (secondary N) is 1. The summed E-state index contributed by atoms with van der Waals surface area (Å²) in [5.41, 5.74) is 0. The zero-order chi connectivity index (χ0) is 19.1. The number of nitrogens with zero attached hydrogens (tertiary/aromatic N) is 3. The minimum Gasteiger partial charge on any atom is -0.353 e. The lowest BCUT2D eigenvalue weighted by atomic mass is 9.97. The highest BCUT2D eigenvalue weighted by Gasteiger charge is 2.43. The van der Waals surface area contributed by atoms with Crippen LogP contribution in [0.25, 0.3) is 0 Å². The number of fused-ring (bicyclic) bond motifs is 1. The number of rotatable bonds is 6. The monoisotopic (exact) mass is 368 g/mol. The third-order valence-electron chi connectivity index (χ3n) is 6.43. The first kappa shape index (κ1) is 21.6. The summed E-state index contributed by atoms with van der Waals surface area (Å²) in [4.78, 5) is 19.8. The minimum atomic E-state index is 0. The van der Waals surface area contributed by atoms with E-state index >= 15 is 0 Å². The molecule has 3 unspecified atom stereocenters. The lowest BCUT2D eigenvalue weighted by molar-refractivity contribution is -0.124. The van der Waals surface area contributed by atoms with Gasteiger partial charge < -0.3 is 15.1 Å². The largest absolute Gasteiger partial charge is 0.353 e. The molecule has 0 aromatic heterocycles. The SMILES string of the molecule is CC.CCN1CCN(CCN2CC3CCC(NC(=O)C(C)C)C3C2)CC1.[HH]. The molecular weight excluding hydrogens is 324 g/mol. The first-order valence-corrected chi connectivity index (χ1v) is 11.0. The number of hydrogen-bond donors (Lipinski definition) is 1. The van der Waals surface area contributed by atoms with Crippen LogP contribution in [0.15, 0.2) is 0 Å². The summed E-state index contributed by atoms with van der Waals surface area (Å²) in [6.07, 6.45) is 2.47. The Balaban J connectivity index is 0.00000118. The fourth-order valence-corrected chi connectivity index (χ4v) is 4.68. The van der Waals surface area contributed by atoms with Gasteiger partial charge in [-0.3, -0.25) is 9.69 Å². The Morgan fingerprint density at radius 1 is 1.00 bits per heavy atom. The third-order valence-corrected chi connectivity index (χ3v) is 6.43. The molecule has 26 heavy (non-hydrogen) atoms. The minimum absolute atomic E-state index is 0. The molecule has 1 N–H and O–H groups in total. The highest BCUT2D eigenvalue weighted by Crippen LogP contribution is 2.38. The van der Waals surface area contributed by atoms with Crippen LogP contribution in [0.2, 0.25) is 0 Å². The predicted octanol–water partition coefficient (Wildman–Crippen LogP) is 2.38. The van der Waals surface area contributed by atoms with E-state index in [4.69, 9.17) is 0 Å². The van der Waals surface area contributed by atoms with E-state index in [1.165, 1.54) is 71.7 Å². The Bertz CT molecular complexity index is 426. The van der Waals surface area contributed by atoms with Crippen molar-refractivity contribution in [2.24, 2.45) is 17.8 Å². The molecule has 2 aliphatic heterocycles. The number of carbonyl (C=O) groups is 1. The molecule has 0 aromatic carbocycles. The molecule has 0 spiro atoms. The topological polar surface area (TPSA) is 38.8 Å². The maximum atomic E-state index is 12.0. The molecule has 0 radical (unpaired) electrons. The van der Waals surface area contributed by atoms with Crippen molar-refractivity contribution >= 4 is 5.91 Å². The van der Waals surface area contributed by atoms with E-state index in [-0.39, 0.29) is 13.3 Å². The van der Waals surface area contributed by atoms with Crippen LogP contribution < -0.4 is 5.32 Å². The summed E-state index contributed by atoms with van der Waals surface area (Å²) in [6, 6.07) is 0.419. The van der Waals surface area contributed by atoms with Gasteiger partial charge in [0.2, 0.25) is 5.91 Å². The standard InChI is InChI=1S/C19H36N4O.C2H6.H2/c1-4-21-7-9-22(10-8-21)11-12-23-13-16-5-6-18(17(16)14-23)20-19(24)15(2)3;1-2;/h15-18H,4-14H2,1-3H3,(H,20,24);1-2H3;1H. The van der Waals surface area contributed by atoms with Crippen LogP contribution in [0.5, 0.6) is 0 Å². The average Bonchev–Trinajstić information content (AvgIpc) is 3.23. The first-order chi connectivity index (χ1) is 12.6. The third kappa shape index (κ3) is 5.67. The molecular formula is C21H44N4O. The summed E-state index contributed by atoms with van der Waals surface area (Å²) in [5.74, 6) is 1.82. The van der Waals surface area contributed by atoms with Gasteiger partial charge in [-0.15, -0.1) is 0 Å². The van der Waals surface area contributed by atoms with E-state index in [0.29, 0.717) is 12.0 Å². The average molecular weight is 369 g/mol. The van der Waals surface area contributed by atoms with Gasteiger partial charge in [-0.25, -0.2) is 0 Å². The normalized spacial score (nSPS) is 30.2. The molecule has 3 fully saturated rings. The summed E-state index contributed by atoms with van der Waals surface area (Å²) >= 11 is 0. The van der Waals surface area contributed by atoms with E-state index < -0.39 is 0 Å². The quantitative estimate of drug-likeness (QED) is 0.781. The Morgan fingerprint density at radius 3 is 2.23 bits per heavy atom. The second-order valence-electron chi connectivity index (χ2n) is 8.31. The molecule has 3 atom stereocenters. The van der Waals surface area contributed by atoms with Crippen LogP contribution in [-0.2, 0) is 4.79 Å². The Hall–Kier alpha value is -0.650. The zero-order valence-electron chi connectivity index (χ0n) is 17.8. The highest BCUT2D eigenvalue weighted by atomic mass is 16.1. The molecule has 1 aliphatic carbocycles. The summed E-state index contributed by atoms with van der Waals surface area (Å²) in [5, 5.41) is 3.31. The van der Waals surface area contributed by atoms with Gasteiger partial charge in [-0.1, -0.05) is 34.6 Å². The predicted molar refractivity (Wildman–Crippen MR) is 111 cm³/mol. The number of amides is 1.